The summed E-state index contributed by atoms with van der Waals surface area (Å²) in [4.78, 5) is 12.5. The highest BCUT2D eigenvalue weighted by Crippen LogP contribution is 2.27. The number of ether oxygens (including phenoxy) is 1. The zero-order chi connectivity index (χ0) is 21.0. The Morgan fingerprint density at radius 3 is 2.52 bits per heavy atom. The van der Waals surface area contributed by atoms with Crippen molar-refractivity contribution in [3.05, 3.63) is 58.1 Å². The smallest absolute Gasteiger partial charge is 0.227 e. The van der Waals surface area contributed by atoms with E-state index in [4.69, 9.17) is 27.9 Å². The van der Waals surface area contributed by atoms with Crippen LogP contribution in [-0.4, -0.2) is 38.8 Å². The number of carbonyl (C=O) groups excluding carboxylic acids is 1. The monoisotopic (exact) mass is 456 g/mol. The number of anilines is 1. The molecule has 9 heteroatoms. The molecule has 1 N–H and O–H groups in total. The normalized spacial score (nSPS) is 15.8. The van der Waals surface area contributed by atoms with E-state index in [1.165, 1.54) is 4.31 Å². The third kappa shape index (κ3) is 5.63. The van der Waals surface area contributed by atoms with Crippen molar-refractivity contribution in [2.45, 2.75) is 18.6 Å². The summed E-state index contributed by atoms with van der Waals surface area (Å²) in [5.74, 6) is 0.160. The van der Waals surface area contributed by atoms with Crippen LogP contribution in [0.5, 0.6) is 5.75 Å². The molecular formula is C20H22Cl2N2O4S. The van der Waals surface area contributed by atoms with E-state index in [0.717, 1.165) is 0 Å². The average Bonchev–Trinajstić information content (AvgIpc) is 2.71. The molecule has 0 aromatic heterocycles. The Balaban J connectivity index is 1.57. The van der Waals surface area contributed by atoms with Crippen LogP contribution in [0.15, 0.2) is 42.5 Å². The molecule has 1 aliphatic heterocycles. The van der Waals surface area contributed by atoms with E-state index in [-0.39, 0.29) is 17.6 Å². The quantitative estimate of drug-likeness (QED) is 0.706. The minimum atomic E-state index is -3.50. The molecule has 3 rings (SSSR count). The Labute approximate surface area is 180 Å². The van der Waals surface area contributed by atoms with Gasteiger partial charge >= 0.3 is 0 Å². The van der Waals surface area contributed by atoms with E-state index in [2.05, 4.69) is 5.32 Å². The van der Waals surface area contributed by atoms with E-state index >= 15 is 0 Å². The molecule has 29 heavy (non-hydrogen) atoms. The lowest BCUT2D eigenvalue weighted by molar-refractivity contribution is -0.120. The maximum Gasteiger partial charge on any atom is 0.227 e. The maximum atomic E-state index is 12.7. The van der Waals surface area contributed by atoms with Crippen molar-refractivity contribution in [3.8, 4) is 5.75 Å². The summed E-state index contributed by atoms with van der Waals surface area (Å²) in [6.07, 6.45) is 0.937. The first kappa shape index (κ1) is 21.9. The number of carbonyl (C=O) groups is 1. The van der Waals surface area contributed by atoms with E-state index in [1.54, 1.807) is 49.6 Å². The minimum absolute atomic E-state index is 0.111. The molecule has 0 unspecified atom stereocenters. The number of hydrogen-bond donors (Lipinski definition) is 1. The van der Waals surface area contributed by atoms with Crippen molar-refractivity contribution in [3.63, 3.8) is 0 Å². The number of rotatable bonds is 6. The second-order valence-electron chi connectivity index (χ2n) is 6.90. The van der Waals surface area contributed by atoms with Gasteiger partial charge in [-0.1, -0.05) is 35.3 Å². The lowest BCUT2D eigenvalue weighted by Crippen LogP contribution is -2.41. The van der Waals surface area contributed by atoms with Crippen LogP contribution in [-0.2, 0) is 20.6 Å². The van der Waals surface area contributed by atoms with Gasteiger partial charge in [0, 0.05) is 30.8 Å². The summed E-state index contributed by atoms with van der Waals surface area (Å²) in [5, 5.41) is 3.59. The van der Waals surface area contributed by atoms with Crippen molar-refractivity contribution in [1.82, 2.24) is 4.31 Å². The molecule has 1 heterocycles. The molecule has 0 aliphatic carbocycles. The fourth-order valence-corrected chi connectivity index (χ4v) is 5.14. The molecule has 0 spiro atoms. The van der Waals surface area contributed by atoms with Crippen molar-refractivity contribution in [2.75, 3.05) is 25.5 Å². The number of nitrogens with zero attached hydrogens (tertiary/aromatic N) is 1. The number of sulfonamides is 1. The predicted molar refractivity (Wildman–Crippen MR) is 115 cm³/mol. The van der Waals surface area contributed by atoms with Gasteiger partial charge in [0.1, 0.15) is 5.75 Å². The van der Waals surface area contributed by atoms with Crippen LogP contribution in [0.25, 0.3) is 0 Å². The van der Waals surface area contributed by atoms with Crippen LogP contribution < -0.4 is 10.1 Å². The fraction of sp³-hybridized carbons (Fsp3) is 0.350. The second-order valence-corrected chi connectivity index (χ2v) is 9.68. The summed E-state index contributed by atoms with van der Waals surface area (Å²) in [6, 6.07) is 11.9. The Kier molecular flexibility index (Phi) is 7.05. The van der Waals surface area contributed by atoms with Gasteiger partial charge in [-0.15, -0.1) is 0 Å². The average molecular weight is 457 g/mol. The van der Waals surface area contributed by atoms with Crippen molar-refractivity contribution in [1.29, 1.82) is 0 Å². The molecule has 0 radical (unpaired) electrons. The van der Waals surface area contributed by atoms with Crippen molar-refractivity contribution in [2.24, 2.45) is 5.92 Å². The number of methoxy groups -OCH3 is 1. The number of hydrogen-bond acceptors (Lipinski definition) is 4. The standard InChI is InChI=1S/C20H22Cl2N2O4S/c1-28-17-4-2-3-16(12-17)23-20(25)15-7-9-24(10-8-15)29(26,27)13-14-5-6-18(21)19(22)11-14/h2-6,11-12,15H,7-10,13H2,1H3,(H,23,25). The molecule has 1 fully saturated rings. The van der Waals surface area contributed by atoms with Crippen LogP contribution >= 0.6 is 23.2 Å². The first-order valence-electron chi connectivity index (χ1n) is 9.15. The van der Waals surface area contributed by atoms with E-state index in [1.807, 2.05) is 0 Å². The third-order valence-electron chi connectivity index (χ3n) is 4.89. The molecule has 1 amide bonds. The van der Waals surface area contributed by atoms with E-state index in [0.29, 0.717) is 53.0 Å². The van der Waals surface area contributed by atoms with Gasteiger partial charge in [-0.2, -0.15) is 0 Å². The SMILES string of the molecule is COc1cccc(NC(=O)C2CCN(S(=O)(=O)Cc3ccc(Cl)c(Cl)c3)CC2)c1. The highest BCUT2D eigenvalue weighted by Gasteiger charge is 2.31. The maximum absolute atomic E-state index is 12.7. The van der Waals surface area contributed by atoms with Gasteiger partial charge < -0.3 is 10.1 Å². The number of benzene rings is 2. The number of piperidine rings is 1. The largest absolute Gasteiger partial charge is 0.497 e. The zero-order valence-corrected chi connectivity index (χ0v) is 18.2. The lowest BCUT2D eigenvalue weighted by Gasteiger charge is -2.30. The number of amides is 1. The lowest BCUT2D eigenvalue weighted by atomic mass is 9.97. The summed E-state index contributed by atoms with van der Waals surface area (Å²) in [7, 11) is -1.94. The van der Waals surface area contributed by atoms with Gasteiger partial charge in [0.25, 0.3) is 0 Å². The zero-order valence-electron chi connectivity index (χ0n) is 15.9. The van der Waals surface area contributed by atoms with Gasteiger partial charge in [0.2, 0.25) is 15.9 Å². The Hall–Kier alpha value is -1.80. The molecule has 2 aromatic rings. The van der Waals surface area contributed by atoms with Crippen LogP contribution in [0.4, 0.5) is 5.69 Å². The Morgan fingerprint density at radius 2 is 1.86 bits per heavy atom. The molecule has 0 atom stereocenters. The van der Waals surface area contributed by atoms with Crippen LogP contribution in [0.3, 0.4) is 0 Å². The Morgan fingerprint density at radius 1 is 1.14 bits per heavy atom. The second kappa shape index (κ2) is 9.34. The number of nitrogens with one attached hydrogen (secondary N) is 1. The van der Waals surface area contributed by atoms with Gasteiger partial charge in [0.05, 0.1) is 22.9 Å². The van der Waals surface area contributed by atoms with Crippen LogP contribution in [0, 0.1) is 5.92 Å². The molecule has 0 bridgehead atoms. The molecule has 2 aromatic carbocycles. The highest BCUT2D eigenvalue weighted by molar-refractivity contribution is 7.88. The van der Waals surface area contributed by atoms with Gasteiger partial charge in [-0.25, -0.2) is 12.7 Å². The molecule has 1 aliphatic rings. The molecular weight excluding hydrogens is 435 g/mol. The Bertz CT molecular complexity index is 990. The van der Waals surface area contributed by atoms with E-state index in [9.17, 15) is 13.2 Å². The highest BCUT2D eigenvalue weighted by atomic mass is 35.5. The minimum Gasteiger partial charge on any atom is -0.497 e. The first-order chi connectivity index (χ1) is 13.8. The van der Waals surface area contributed by atoms with Crippen molar-refractivity contribution < 1.29 is 17.9 Å². The van der Waals surface area contributed by atoms with Crippen molar-refractivity contribution >= 4 is 44.8 Å². The molecule has 156 valence electrons. The van der Waals surface area contributed by atoms with Crippen LogP contribution in [0.2, 0.25) is 10.0 Å². The molecule has 6 nitrogen and oxygen atoms in total. The molecule has 1 saturated heterocycles. The predicted octanol–water partition coefficient (Wildman–Crippen LogP) is 4.18. The fourth-order valence-electron chi connectivity index (χ4n) is 3.27. The summed E-state index contributed by atoms with van der Waals surface area (Å²) in [6.45, 7) is 0.611. The van der Waals surface area contributed by atoms with Crippen LogP contribution in [0.1, 0.15) is 18.4 Å². The first-order valence-corrected chi connectivity index (χ1v) is 11.5. The molecule has 0 saturated carbocycles. The van der Waals surface area contributed by atoms with Gasteiger partial charge in [-0.3, -0.25) is 4.79 Å². The van der Waals surface area contributed by atoms with Gasteiger partial charge in [-0.05, 0) is 42.7 Å². The topological polar surface area (TPSA) is 75.7 Å². The third-order valence-corrected chi connectivity index (χ3v) is 7.48. The van der Waals surface area contributed by atoms with E-state index < -0.39 is 10.0 Å². The van der Waals surface area contributed by atoms with Gasteiger partial charge in [0.15, 0.2) is 0 Å². The summed E-state index contributed by atoms with van der Waals surface area (Å²) in [5.41, 5.74) is 1.24. The number of halogens is 2. The summed E-state index contributed by atoms with van der Waals surface area (Å²) < 4.78 is 32.0. The summed E-state index contributed by atoms with van der Waals surface area (Å²) >= 11 is 11.9.